The smallest absolute Gasteiger partial charge is 0.337 e. The first-order valence-corrected chi connectivity index (χ1v) is 13.2. The zero-order valence-electron chi connectivity index (χ0n) is 21.7. The second kappa shape index (κ2) is 11.0. The number of thiocarbonyl (C=S) groups is 1. The van der Waals surface area contributed by atoms with Crippen LogP contribution in [0.15, 0.2) is 122 Å². The summed E-state index contributed by atoms with van der Waals surface area (Å²) in [6.07, 6.45) is 3.77. The van der Waals surface area contributed by atoms with Crippen LogP contribution in [0.2, 0.25) is 0 Å². The van der Waals surface area contributed by atoms with Crippen LogP contribution in [0.4, 0.5) is 5.69 Å². The number of benzene rings is 3. The molecule has 40 heavy (non-hydrogen) atoms. The summed E-state index contributed by atoms with van der Waals surface area (Å²) < 4.78 is 13.0. The van der Waals surface area contributed by atoms with E-state index in [0.29, 0.717) is 10.7 Å². The van der Waals surface area contributed by atoms with Gasteiger partial charge >= 0.3 is 5.97 Å². The number of para-hydroxylation sites is 1. The van der Waals surface area contributed by atoms with Crippen LogP contribution in [0.25, 0.3) is 5.69 Å². The number of hydrogen-bond donors (Lipinski definition) is 1. The van der Waals surface area contributed by atoms with Crippen LogP contribution in [0, 0.1) is 0 Å². The van der Waals surface area contributed by atoms with Crippen LogP contribution in [0.3, 0.4) is 0 Å². The number of carbonyl (C=O) groups excluding carboxylic acids is 1. The second-order valence-electron chi connectivity index (χ2n) is 9.25. The first-order chi connectivity index (χ1) is 19.6. The van der Waals surface area contributed by atoms with E-state index in [-0.39, 0.29) is 18.1 Å². The fraction of sp³-hybridized carbons (Fsp3) is 0.0938. The van der Waals surface area contributed by atoms with Gasteiger partial charge < -0.3 is 24.3 Å². The van der Waals surface area contributed by atoms with Crippen molar-refractivity contribution in [3.8, 4) is 17.2 Å². The number of ether oxygens (including phenoxy) is 2. The van der Waals surface area contributed by atoms with Gasteiger partial charge in [-0.25, -0.2) is 4.79 Å². The molecule has 2 atom stereocenters. The number of nitrogens with one attached hydrogen (secondary N) is 1. The zero-order valence-corrected chi connectivity index (χ0v) is 22.5. The van der Waals surface area contributed by atoms with Crippen molar-refractivity contribution in [3.63, 3.8) is 0 Å². The quantitative estimate of drug-likeness (QED) is 0.182. The summed E-state index contributed by atoms with van der Waals surface area (Å²) in [6.45, 7) is 0. The molecule has 1 fully saturated rings. The number of aromatic nitrogens is 2. The number of nitrogens with zero attached hydrogens (tertiary/aromatic N) is 3. The van der Waals surface area contributed by atoms with Gasteiger partial charge in [0.2, 0.25) is 0 Å². The van der Waals surface area contributed by atoms with Gasteiger partial charge in [-0.1, -0.05) is 30.3 Å². The summed E-state index contributed by atoms with van der Waals surface area (Å²) in [5.41, 5.74) is 4.09. The van der Waals surface area contributed by atoms with Crippen molar-refractivity contribution < 1.29 is 14.3 Å². The van der Waals surface area contributed by atoms with Crippen molar-refractivity contribution in [1.29, 1.82) is 0 Å². The highest BCUT2D eigenvalue weighted by Gasteiger charge is 2.42. The molecule has 0 saturated carbocycles. The maximum absolute atomic E-state index is 12.3. The summed E-state index contributed by atoms with van der Waals surface area (Å²) in [5, 5.41) is 4.10. The molecule has 3 heterocycles. The topological polar surface area (TPSA) is 68.6 Å². The Morgan fingerprint density at radius 3 is 2.38 bits per heavy atom. The third kappa shape index (κ3) is 4.92. The lowest BCUT2D eigenvalue weighted by molar-refractivity contribution is 0.0600. The molecule has 2 aromatic heterocycles. The van der Waals surface area contributed by atoms with Crippen molar-refractivity contribution in [2.24, 2.45) is 0 Å². The average Bonchev–Trinajstić information content (AvgIpc) is 3.62. The fourth-order valence-corrected chi connectivity index (χ4v) is 5.35. The molecule has 0 radical (unpaired) electrons. The van der Waals surface area contributed by atoms with Crippen molar-refractivity contribution >= 4 is 29.0 Å². The van der Waals surface area contributed by atoms with E-state index in [2.05, 4.69) is 25.8 Å². The van der Waals surface area contributed by atoms with Gasteiger partial charge in [0.15, 0.2) is 5.11 Å². The molecule has 0 aliphatic carbocycles. The average molecular weight is 547 g/mol. The molecule has 5 aromatic rings. The molecule has 0 bridgehead atoms. The molecular formula is C32H26N4O3S. The SMILES string of the molecule is COC(=O)c1cccc(-n2cccc2[C@H]2[C@@H](c3ccccn3)NC(=S)N2c2ccc(Oc3ccccc3)cc2)c1. The largest absolute Gasteiger partial charge is 0.465 e. The number of methoxy groups -OCH3 is 1. The summed E-state index contributed by atoms with van der Waals surface area (Å²) >= 11 is 5.90. The number of pyridine rings is 1. The zero-order chi connectivity index (χ0) is 27.5. The minimum Gasteiger partial charge on any atom is -0.465 e. The van der Waals surface area contributed by atoms with E-state index in [9.17, 15) is 4.79 Å². The van der Waals surface area contributed by atoms with Gasteiger partial charge in [-0.05, 0) is 91.1 Å². The highest BCUT2D eigenvalue weighted by molar-refractivity contribution is 7.80. The van der Waals surface area contributed by atoms with Gasteiger partial charge in [0.05, 0.1) is 24.4 Å². The first-order valence-electron chi connectivity index (χ1n) is 12.8. The van der Waals surface area contributed by atoms with Crippen molar-refractivity contribution in [2.75, 3.05) is 12.0 Å². The Morgan fingerprint density at radius 2 is 1.62 bits per heavy atom. The molecule has 0 amide bonds. The number of hydrogen-bond acceptors (Lipinski definition) is 5. The van der Waals surface area contributed by atoms with Crippen molar-refractivity contribution in [3.05, 3.63) is 139 Å². The van der Waals surface area contributed by atoms with Crippen LogP contribution in [0.1, 0.15) is 33.8 Å². The second-order valence-corrected chi connectivity index (χ2v) is 9.64. The Kier molecular flexibility index (Phi) is 6.99. The summed E-state index contributed by atoms with van der Waals surface area (Å²) in [6, 6.07) is 34.4. The monoisotopic (exact) mass is 546 g/mol. The standard InChI is InChI=1S/C32H26N4O3S/c1-38-31(37)22-9-7-10-24(21-22)35-20-8-14-28(35)30-29(27-13-5-6-19-33-27)34-32(40)36(30)23-15-17-26(18-16-23)39-25-11-3-2-4-12-25/h2-21,29-30H,1H3,(H,34,40)/t29-,30+/m1/s1. The highest BCUT2D eigenvalue weighted by atomic mass is 32.1. The summed E-state index contributed by atoms with van der Waals surface area (Å²) in [4.78, 5) is 19.0. The number of carbonyl (C=O) groups is 1. The molecular weight excluding hydrogens is 520 g/mol. The van der Waals surface area contributed by atoms with Gasteiger partial charge in [-0.3, -0.25) is 4.98 Å². The Hall–Kier alpha value is -4.95. The van der Waals surface area contributed by atoms with Crippen molar-refractivity contribution in [1.82, 2.24) is 14.9 Å². The van der Waals surface area contributed by atoms with Gasteiger partial charge in [-0.2, -0.15) is 0 Å². The Labute approximate surface area is 237 Å². The number of esters is 1. The van der Waals surface area contributed by atoms with E-state index in [1.807, 2.05) is 103 Å². The van der Waals surface area contributed by atoms with Crippen LogP contribution >= 0.6 is 12.2 Å². The maximum Gasteiger partial charge on any atom is 0.337 e. The van der Waals surface area contributed by atoms with Gasteiger partial charge in [0.1, 0.15) is 17.5 Å². The number of anilines is 1. The lowest BCUT2D eigenvalue weighted by Gasteiger charge is -2.29. The van der Waals surface area contributed by atoms with Gasteiger partial charge in [0, 0.05) is 29.5 Å². The minimum atomic E-state index is -0.384. The summed E-state index contributed by atoms with van der Waals surface area (Å²) in [7, 11) is 1.38. The van der Waals surface area contributed by atoms with E-state index in [0.717, 1.165) is 34.3 Å². The molecule has 198 valence electrons. The Morgan fingerprint density at radius 1 is 0.850 bits per heavy atom. The van der Waals surface area contributed by atoms with E-state index >= 15 is 0 Å². The third-order valence-corrected chi connectivity index (χ3v) is 7.14. The Balaban J connectivity index is 1.41. The normalized spacial score (nSPS) is 16.4. The third-order valence-electron chi connectivity index (χ3n) is 6.82. The highest BCUT2D eigenvalue weighted by Crippen LogP contribution is 2.42. The van der Waals surface area contributed by atoms with Crippen LogP contribution in [0.5, 0.6) is 11.5 Å². The molecule has 1 aliphatic heterocycles. The maximum atomic E-state index is 12.3. The minimum absolute atomic E-state index is 0.216. The van der Waals surface area contributed by atoms with E-state index < -0.39 is 0 Å². The molecule has 0 unspecified atom stereocenters. The lowest BCUT2D eigenvalue weighted by Crippen LogP contribution is -2.30. The molecule has 0 spiro atoms. The molecule has 8 heteroatoms. The first kappa shape index (κ1) is 25.3. The molecule has 6 rings (SSSR count). The molecule has 1 saturated heterocycles. The lowest BCUT2D eigenvalue weighted by atomic mass is 10.0. The van der Waals surface area contributed by atoms with E-state index in [4.69, 9.17) is 21.7 Å². The van der Waals surface area contributed by atoms with Gasteiger partial charge in [0.25, 0.3) is 0 Å². The van der Waals surface area contributed by atoms with Crippen LogP contribution < -0.4 is 15.0 Å². The van der Waals surface area contributed by atoms with E-state index in [1.54, 1.807) is 12.3 Å². The van der Waals surface area contributed by atoms with Gasteiger partial charge in [-0.15, -0.1) is 0 Å². The predicted molar refractivity (Wildman–Crippen MR) is 158 cm³/mol. The molecule has 1 aliphatic rings. The van der Waals surface area contributed by atoms with E-state index in [1.165, 1.54) is 7.11 Å². The van der Waals surface area contributed by atoms with Crippen LogP contribution in [-0.2, 0) is 4.74 Å². The summed E-state index contributed by atoms with van der Waals surface area (Å²) in [5.74, 6) is 1.12. The predicted octanol–water partition coefficient (Wildman–Crippen LogP) is 6.63. The number of rotatable bonds is 7. The molecule has 1 N–H and O–H groups in total. The molecule has 3 aromatic carbocycles. The fourth-order valence-electron chi connectivity index (χ4n) is 5.00. The Bertz CT molecular complexity index is 1640. The van der Waals surface area contributed by atoms with Crippen molar-refractivity contribution in [2.45, 2.75) is 12.1 Å². The molecule has 7 nitrogen and oxygen atoms in total. The van der Waals surface area contributed by atoms with Crippen LogP contribution in [-0.4, -0.2) is 27.7 Å².